The molecule has 0 aliphatic heterocycles. The highest BCUT2D eigenvalue weighted by atomic mass is 32.1. The van der Waals surface area contributed by atoms with Gasteiger partial charge in [0.15, 0.2) is 12.4 Å². The molecule has 4 aromatic rings. The van der Waals surface area contributed by atoms with E-state index in [2.05, 4.69) is 5.32 Å². The maximum atomic E-state index is 12.3. The maximum absolute atomic E-state index is 12.3. The lowest BCUT2D eigenvalue weighted by Gasteiger charge is -2.04. The molecule has 7 nitrogen and oxygen atoms in total. The standard InChI is InChI=1S/C27H23N3O4S/c1-19(31)28-23-12-9-21(10-13-23)24(32)18-34-26(33)14-11-22-17-30(16-20-6-3-2-4-7-20)29-27(22)25-8-5-15-35-25/h2-15,17H,16,18H2,1H3,(H,28,31)/b14-11+. The second kappa shape index (κ2) is 11.2. The number of Topliss-reactive ketones (excluding diaryl/α,β-unsaturated/α-hetero) is 1. The van der Waals surface area contributed by atoms with E-state index in [-0.39, 0.29) is 18.3 Å². The number of esters is 1. The van der Waals surface area contributed by atoms with Crippen LogP contribution in [0.5, 0.6) is 0 Å². The zero-order chi connectivity index (χ0) is 24.6. The van der Waals surface area contributed by atoms with Gasteiger partial charge < -0.3 is 10.1 Å². The quantitative estimate of drug-likeness (QED) is 0.203. The molecule has 2 heterocycles. The topological polar surface area (TPSA) is 90.3 Å². The minimum atomic E-state index is -0.624. The van der Waals surface area contributed by atoms with Gasteiger partial charge in [-0.2, -0.15) is 5.10 Å². The molecule has 8 heteroatoms. The molecule has 0 atom stereocenters. The first-order chi connectivity index (χ1) is 17.0. The van der Waals surface area contributed by atoms with E-state index in [1.807, 2.05) is 58.7 Å². The summed E-state index contributed by atoms with van der Waals surface area (Å²) >= 11 is 1.57. The van der Waals surface area contributed by atoms with Crippen LogP contribution in [0.1, 0.15) is 28.4 Å². The zero-order valence-electron chi connectivity index (χ0n) is 19.0. The Kier molecular flexibility index (Phi) is 7.64. The van der Waals surface area contributed by atoms with E-state index in [1.165, 1.54) is 13.0 Å². The van der Waals surface area contributed by atoms with Crippen LogP contribution in [0.2, 0.25) is 0 Å². The van der Waals surface area contributed by atoms with Crippen molar-refractivity contribution < 1.29 is 19.1 Å². The van der Waals surface area contributed by atoms with Gasteiger partial charge in [-0.25, -0.2) is 4.79 Å². The van der Waals surface area contributed by atoms with Crippen LogP contribution < -0.4 is 5.32 Å². The first-order valence-corrected chi connectivity index (χ1v) is 11.8. The molecule has 0 fully saturated rings. The average molecular weight is 486 g/mol. The fraction of sp³-hybridized carbons (Fsp3) is 0.111. The number of carbonyl (C=O) groups is 3. The van der Waals surface area contributed by atoms with Crippen LogP contribution >= 0.6 is 11.3 Å². The predicted molar refractivity (Wildman–Crippen MR) is 136 cm³/mol. The van der Waals surface area contributed by atoms with Crippen molar-refractivity contribution in [3.05, 3.63) is 101 Å². The molecule has 1 amide bonds. The van der Waals surface area contributed by atoms with Gasteiger partial charge in [0, 0.05) is 36.0 Å². The van der Waals surface area contributed by atoms with Crippen molar-refractivity contribution in [3.63, 3.8) is 0 Å². The predicted octanol–water partition coefficient (Wildman–Crippen LogP) is 5.06. The summed E-state index contributed by atoms with van der Waals surface area (Å²) in [6.45, 7) is 1.63. The Morgan fingerprint density at radius 1 is 1.03 bits per heavy atom. The number of rotatable bonds is 9. The third kappa shape index (κ3) is 6.61. The van der Waals surface area contributed by atoms with Gasteiger partial charge in [-0.3, -0.25) is 14.3 Å². The lowest BCUT2D eigenvalue weighted by molar-refractivity contribution is -0.136. The summed E-state index contributed by atoms with van der Waals surface area (Å²) in [6, 6.07) is 20.3. The maximum Gasteiger partial charge on any atom is 0.331 e. The van der Waals surface area contributed by atoms with E-state index in [1.54, 1.807) is 41.7 Å². The van der Waals surface area contributed by atoms with Gasteiger partial charge >= 0.3 is 5.97 Å². The molecule has 0 spiro atoms. The zero-order valence-corrected chi connectivity index (χ0v) is 19.8. The third-order valence-corrected chi connectivity index (χ3v) is 5.88. The molecule has 176 valence electrons. The molecule has 0 radical (unpaired) electrons. The number of ether oxygens (including phenoxy) is 1. The largest absolute Gasteiger partial charge is 0.454 e. The first-order valence-electron chi connectivity index (χ1n) is 10.9. The van der Waals surface area contributed by atoms with E-state index in [0.29, 0.717) is 17.8 Å². The normalized spacial score (nSPS) is 10.9. The highest BCUT2D eigenvalue weighted by Crippen LogP contribution is 2.28. The summed E-state index contributed by atoms with van der Waals surface area (Å²) in [5.74, 6) is -1.16. The van der Waals surface area contributed by atoms with Crippen LogP contribution in [0.4, 0.5) is 5.69 Å². The second-order valence-electron chi connectivity index (χ2n) is 7.72. The molecule has 2 aromatic heterocycles. The minimum absolute atomic E-state index is 0.197. The molecule has 0 aliphatic carbocycles. The fourth-order valence-electron chi connectivity index (χ4n) is 3.38. The van der Waals surface area contributed by atoms with Crippen molar-refractivity contribution in [2.45, 2.75) is 13.5 Å². The number of benzene rings is 2. The van der Waals surface area contributed by atoms with Crippen molar-refractivity contribution >= 4 is 40.8 Å². The number of amides is 1. The lowest BCUT2D eigenvalue weighted by atomic mass is 10.1. The van der Waals surface area contributed by atoms with Crippen LogP contribution in [0.15, 0.2) is 84.4 Å². The Morgan fingerprint density at radius 3 is 2.49 bits per heavy atom. The van der Waals surface area contributed by atoms with Crippen LogP contribution in [0.25, 0.3) is 16.6 Å². The number of anilines is 1. The number of ketones is 1. The summed E-state index contributed by atoms with van der Waals surface area (Å²) in [5.41, 5.74) is 3.64. The van der Waals surface area contributed by atoms with Crippen LogP contribution in [-0.4, -0.2) is 34.0 Å². The summed E-state index contributed by atoms with van der Waals surface area (Å²) in [4.78, 5) is 36.7. The Bertz CT molecular complexity index is 1340. The van der Waals surface area contributed by atoms with Crippen LogP contribution in [0, 0.1) is 0 Å². The summed E-state index contributed by atoms with van der Waals surface area (Å²) in [6.07, 6.45) is 4.83. The molecule has 0 saturated carbocycles. The molecule has 4 rings (SSSR count). The average Bonchev–Trinajstić information content (AvgIpc) is 3.52. The Labute approximate surface area is 206 Å². The lowest BCUT2D eigenvalue weighted by Crippen LogP contribution is -2.13. The third-order valence-electron chi connectivity index (χ3n) is 5.00. The molecule has 2 aromatic carbocycles. The van der Waals surface area contributed by atoms with Gasteiger partial charge in [0.25, 0.3) is 0 Å². The molecular formula is C27H23N3O4S. The Hall–Kier alpha value is -4.30. The van der Waals surface area contributed by atoms with Crippen molar-refractivity contribution in [2.24, 2.45) is 0 Å². The molecule has 0 bridgehead atoms. The Morgan fingerprint density at radius 2 is 1.80 bits per heavy atom. The number of nitrogens with one attached hydrogen (secondary N) is 1. The van der Waals surface area contributed by atoms with Gasteiger partial charge in [0.2, 0.25) is 5.91 Å². The summed E-state index contributed by atoms with van der Waals surface area (Å²) in [5, 5.41) is 9.31. The van der Waals surface area contributed by atoms with Gasteiger partial charge in [-0.15, -0.1) is 11.3 Å². The fourth-order valence-corrected chi connectivity index (χ4v) is 4.11. The Balaban J connectivity index is 1.40. The van der Waals surface area contributed by atoms with Gasteiger partial charge in [0.05, 0.1) is 11.4 Å². The van der Waals surface area contributed by atoms with E-state index in [9.17, 15) is 14.4 Å². The summed E-state index contributed by atoms with van der Waals surface area (Å²) in [7, 11) is 0. The van der Waals surface area contributed by atoms with Crippen molar-refractivity contribution in [1.82, 2.24) is 9.78 Å². The van der Waals surface area contributed by atoms with E-state index in [4.69, 9.17) is 9.84 Å². The van der Waals surface area contributed by atoms with E-state index < -0.39 is 5.97 Å². The van der Waals surface area contributed by atoms with Crippen LogP contribution in [0.3, 0.4) is 0 Å². The van der Waals surface area contributed by atoms with Crippen molar-refractivity contribution in [2.75, 3.05) is 11.9 Å². The highest BCUT2D eigenvalue weighted by molar-refractivity contribution is 7.13. The number of hydrogen-bond donors (Lipinski definition) is 1. The monoisotopic (exact) mass is 485 g/mol. The highest BCUT2D eigenvalue weighted by Gasteiger charge is 2.12. The SMILES string of the molecule is CC(=O)Nc1ccc(C(=O)COC(=O)/C=C/c2cn(Cc3ccccc3)nc2-c2cccs2)cc1. The van der Waals surface area contributed by atoms with Crippen molar-refractivity contribution in [1.29, 1.82) is 0 Å². The van der Waals surface area contributed by atoms with E-state index >= 15 is 0 Å². The number of hydrogen-bond acceptors (Lipinski definition) is 6. The molecular weight excluding hydrogens is 462 g/mol. The number of thiophene rings is 1. The molecule has 35 heavy (non-hydrogen) atoms. The number of nitrogens with zero attached hydrogens (tertiary/aromatic N) is 2. The molecule has 0 saturated heterocycles. The number of aromatic nitrogens is 2. The smallest absolute Gasteiger partial charge is 0.331 e. The van der Waals surface area contributed by atoms with Gasteiger partial charge in [-0.05, 0) is 47.4 Å². The second-order valence-corrected chi connectivity index (χ2v) is 8.66. The van der Waals surface area contributed by atoms with E-state index in [0.717, 1.165) is 21.7 Å². The van der Waals surface area contributed by atoms with Crippen LogP contribution in [-0.2, 0) is 20.9 Å². The summed E-state index contributed by atoms with van der Waals surface area (Å²) < 4.78 is 6.98. The number of carbonyl (C=O) groups excluding carboxylic acids is 3. The molecule has 0 unspecified atom stereocenters. The molecule has 0 aliphatic rings. The first kappa shape index (κ1) is 23.8. The van der Waals surface area contributed by atoms with Crippen molar-refractivity contribution in [3.8, 4) is 10.6 Å². The minimum Gasteiger partial charge on any atom is -0.454 e. The van der Waals surface area contributed by atoms with Gasteiger partial charge in [-0.1, -0.05) is 36.4 Å². The molecule has 1 N–H and O–H groups in total. The van der Waals surface area contributed by atoms with Gasteiger partial charge in [0.1, 0.15) is 5.69 Å².